The fraction of sp³-hybridized carbons (Fsp3) is 0.0769. The lowest BCUT2D eigenvalue weighted by molar-refractivity contribution is 0.778. The Kier molecular flexibility index (Phi) is 2.96. The average molecular weight is 211 g/mol. The van der Waals surface area contributed by atoms with Gasteiger partial charge in [0.15, 0.2) is 0 Å². The van der Waals surface area contributed by atoms with Gasteiger partial charge in [-0.1, -0.05) is 48.5 Å². The normalized spacial score (nSPS) is 12.0. The Bertz CT molecular complexity index is 480. The van der Waals surface area contributed by atoms with E-state index in [0.717, 1.165) is 11.1 Å². The number of nitrogen functional groups attached to an aromatic ring is 1. The van der Waals surface area contributed by atoms with E-state index in [1.807, 2.05) is 54.6 Å². The fourth-order valence-corrected chi connectivity index (χ4v) is 1.72. The third-order valence-corrected chi connectivity index (χ3v) is 2.54. The molecule has 1 unspecified atom stereocenters. The second-order valence-corrected chi connectivity index (χ2v) is 3.57. The molecule has 80 valence electrons. The first-order chi connectivity index (χ1) is 7.83. The molecule has 2 aromatic carbocycles. The Morgan fingerprint density at radius 2 is 1.56 bits per heavy atom. The number of para-hydroxylation sites is 1. The Hall–Kier alpha value is -2.16. The quantitative estimate of drug-likeness (QED) is 0.593. The largest absolute Gasteiger partial charge is 0.398 e. The molecule has 16 heavy (non-hydrogen) atoms. The van der Waals surface area contributed by atoms with Crippen molar-refractivity contribution in [3.8, 4) is 0 Å². The average Bonchev–Trinajstić information content (AvgIpc) is 2.34. The van der Waals surface area contributed by atoms with Gasteiger partial charge >= 0.3 is 0 Å². The van der Waals surface area contributed by atoms with Crippen molar-refractivity contribution in [3.05, 3.63) is 65.7 Å². The van der Waals surface area contributed by atoms with E-state index in [4.69, 9.17) is 11.3 Å². The summed E-state index contributed by atoms with van der Waals surface area (Å²) in [7, 11) is 0. The number of anilines is 1. The summed E-state index contributed by atoms with van der Waals surface area (Å²) in [4.78, 5) is 0. The summed E-state index contributed by atoms with van der Waals surface area (Å²) in [6.07, 6.45) is 0. The Morgan fingerprint density at radius 3 is 2.19 bits per heavy atom. The summed E-state index contributed by atoms with van der Waals surface area (Å²) in [5.74, 6) is 0. The molecule has 0 bridgehead atoms. The van der Waals surface area contributed by atoms with Crippen molar-refractivity contribution >= 4 is 5.69 Å². The lowest BCUT2D eigenvalue weighted by atomic mass is 9.98. The van der Waals surface area contributed by atoms with Gasteiger partial charge in [0.1, 0.15) is 6.04 Å². The van der Waals surface area contributed by atoms with Gasteiger partial charge in [0, 0.05) is 11.3 Å². The highest BCUT2D eigenvalue weighted by atomic mass is 15.0. The second kappa shape index (κ2) is 4.57. The summed E-state index contributed by atoms with van der Waals surface area (Å²) in [5, 5.41) is 3.66. The highest BCUT2D eigenvalue weighted by Gasteiger charge is 2.14. The van der Waals surface area contributed by atoms with Gasteiger partial charge in [-0.25, -0.2) is 5.53 Å². The molecular weight excluding hydrogens is 198 g/mol. The van der Waals surface area contributed by atoms with Crippen molar-refractivity contribution in [2.75, 3.05) is 5.73 Å². The van der Waals surface area contributed by atoms with Gasteiger partial charge in [0.25, 0.3) is 0 Å². The van der Waals surface area contributed by atoms with Crippen LogP contribution in [0.4, 0.5) is 5.69 Å². The summed E-state index contributed by atoms with van der Waals surface area (Å²) in [6.45, 7) is 0. The highest BCUT2D eigenvalue weighted by Crippen LogP contribution is 2.29. The maximum atomic E-state index is 7.30. The van der Waals surface area contributed by atoms with E-state index in [0.29, 0.717) is 5.69 Å². The van der Waals surface area contributed by atoms with Crippen LogP contribution in [0.2, 0.25) is 0 Å². The molecule has 0 aliphatic heterocycles. The molecule has 0 aliphatic rings. The van der Waals surface area contributed by atoms with Crippen molar-refractivity contribution in [2.45, 2.75) is 6.04 Å². The van der Waals surface area contributed by atoms with Crippen molar-refractivity contribution < 1.29 is 0 Å². The molecule has 0 aliphatic carbocycles. The summed E-state index contributed by atoms with van der Waals surface area (Å²) in [6, 6.07) is 16.9. The molecule has 2 aromatic rings. The molecule has 3 nitrogen and oxygen atoms in total. The topological polar surface area (TPSA) is 62.2 Å². The molecular formula is C13H13N3. The molecule has 3 N–H and O–H groups in total. The van der Waals surface area contributed by atoms with Crippen LogP contribution in [0.3, 0.4) is 0 Å². The predicted molar refractivity (Wildman–Crippen MR) is 64.3 cm³/mol. The first kappa shape index (κ1) is 10.4. The van der Waals surface area contributed by atoms with Crippen LogP contribution in [-0.2, 0) is 0 Å². The SMILES string of the molecule is N=NC(c1ccccc1)c1ccccc1N. The van der Waals surface area contributed by atoms with Gasteiger partial charge in [-0.3, -0.25) is 0 Å². The molecule has 0 fully saturated rings. The number of hydrogen-bond acceptors (Lipinski definition) is 3. The summed E-state index contributed by atoms with van der Waals surface area (Å²) in [5.41, 5.74) is 15.7. The zero-order valence-electron chi connectivity index (χ0n) is 8.80. The van der Waals surface area contributed by atoms with Crippen LogP contribution in [0, 0.1) is 5.53 Å². The molecule has 0 spiro atoms. The molecule has 0 heterocycles. The molecule has 0 aromatic heterocycles. The zero-order valence-corrected chi connectivity index (χ0v) is 8.80. The minimum absolute atomic E-state index is 0.303. The van der Waals surface area contributed by atoms with Gasteiger partial charge in [-0.05, 0) is 11.6 Å². The summed E-state index contributed by atoms with van der Waals surface area (Å²) < 4.78 is 0. The smallest absolute Gasteiger partial charge is 0.122 e. The monoisotopic (exact) mass is 211 g/mol. The number of nitrogens with zero attached hydrogens (tertiary/aromatic N) is 1. The Labute approximate surface area is 94.4 Å². The molecule has 0 amide bonds. The first-order valence-electron chi connectivity index (χ1n) is 5.09. The lowest BCUT2D eigenvalue weighted by Crippen LogP contribution is -2.01. The minimum Gasteiger partial charge on any atom is -0.398 e. The molecule has 0 saturated carbocycles. The predicted octanol–water partition coefficient (Wildman–Crippen LogP) is 3.39. The van der Waals surface area contributed by atoms with Crippen LogP contribution in [-0.4, -0.2) is 0 Å². The van der Waals surface area contributed by atoms with E-state index in [9.17, 15) is 0 Å². The van der Waals surface area contributed by atoms with E-state index in [1.54, 1.807) is 0 Å². The van der Waals surface area contributed by atoms with Gasteiger partial charge in [0.05, 0.1) is 0 Å². The Balaban J connectivity index is 2.45. The fourth-order valence-electron chi connectivity index (χ4n) is 1.72. The van der Waals surface area contributed by atoms with Crippen molar-refractivity contribution in [1.29, 1.82) is 5.53 Å². The molecule has 2 rings (SSSR count). The van der Waals surface area contributed by atoms with Gasteiger partial charge in [-0.15, -0.1) is 0 Å². The third-order valence-electron chi connectivity index (χ3n) is 2.54. The summed E-state index contributed by atoms with van der Waals surface area (Å²) >= 11 is 0. The van der Waals surface area contributed by atoms with Crippen LogP contribution < -0.4 is 5.73 Å². The van der Waals surface area contributed by atoms with Crippen molar-refractivity contribution in [1.82, 2.24) is 0 Å². The number of rotatable bonds is 3. The minimum atomic E-state index is -0.303. The molecule has 0 saturated heterocycles. The number of benzene rings is 2. The highest BCUT2D eigenvalue weighted by molar-refractivity contribution is 5.51. The number of nitrogens with two attached hydrogens (primary N) is 1. The van der Waals surface area contributed by atoms with Crippen LogP contribution in [0.1, 0.15) is 17.2 Å². The van der Waals surface area contributed by atoms with E-state index in [-0.39, 0.29) is 6.04 Å². The van der Waals surface area contributed by atoms with E-state index >= 15 is 0 Å². The zero-order chi connectivity index (χ0) is 11.4. The third kappa shape index (κ3) is 1.93. The molecule has 1 atom stereocenters. The maximum absolute atomic E-state index is 7.30. The van der Waals surface area contributed by atoms with Crippen LogP contribution in [0.15, 0.2) is 59.7 Å². The molecule has 0 radical (unpaired) electrons. The lowest BCUT2D eigenvalue weighted by Gasteiger charge is -2.13. The van der Waals surface area contributed by atoms with Gasteiger partial charge in [-0.2, -0.15) is 5.11 Å². The maximum Gasteiger partial charge on any atom is 0.122 e. The van der Waals surface area contributed by atoms with Gasteiger partial charge in [0.2, 0.25) is 0 Å². The second-order valence-electron chi connectivity index (χ2n) is 3.57. The van der Waals surface area contributed by atoms with Crippen LogP contribution in [0.25, 0.3) is 0 Å². The number of hydrogen-bond donors (Lipinski definition) is 2. The van der Waals surface area contributed by atoms with Crippen LogP contribution in [0.5, 0.6) is 0 Å². The molecule has 3 heteroatoms. The van der Waals surface area contributed by atoms with Crippen LogP contribution >= 0.6 is 0 Å². The number of nitrogens with one attached hydrogen (secondary N) is 1. The van der Waals surface area contributed by atoms with Crippen molar-refractivity contribution in [2.24, 2.45) is 5.11 Å². The van der Waals surface area contributed by atoms with E-state index in [1.165, 1.54) is 0 Å². The van der Waals surface area contributed by atoms with E-state index in [2.05, 4.69) is 5.11 Å². The Morgan fingerprint density at radius 1 is 0.938 bits per heavy atom. The van der Waals surface area contributed by atoms with E-state index < -0.39 is 0 Å². The van der Waals surface area contributed by atoms with Crippen molar-refractivity contribution in [3.63, 3.8) is 0 Å². The standard InChI is InChI=1S/C13H13N3/c14-12-9-5-4-8-11(12)13(16-15)10-6-2-1-3-7-10/h1-9,13,15H,14H2. The van der Waals surface area contributed by atoms with Gasteiger partial charge < -0.3 is 5.73 Å². The first-order valence-corrected chi connectivity index (χ1v) is 5.09.